The Morgan fingerprint density at radius 1 is 1.10 bits per heavy atom. The minimum Gasteiger partial charge on any atom is -0.496 e. The number of nitrogens with one attached hydrogen (secondary N) is 1. The fraction of sp³-hybridized carbons (Fsp3) is 0.364. The molecule has 1 aliphatic heterocycles. The van der Waals surface area contributed by atoms with E-state index in [0.717, 1.165) is 0 Å². The van der Waals surface area contributed by atoms with E-state index in [2.05, 4.69) is 11.9 Å². The highest BCUT2D eigenvalue weighted by atomic mass is 16.7. The van der Waals surface area contributed by atoms with Crippen LogP contribution in [0.15, 0.2) is 59.8 Å². The molecule has 0 aromatic heterocycles. The molecule has 0 bridgehead atoms. The summed E-state index contributed by atoms with van der Waals surface area (Å²) in [7, 11) is 1.53. The van der Waals surface area contributed by atoms with E-state index < -0.39 is 18.2 Å². The maximum absolute atomic E-state index is 12.3. The highest BCUT2D eigenvalue weighted by Gasteiger charge is 2.37. The third-order valence-electron chi connectivity index (χ3n) is 4.13. The number of benzene rings is 1. The zero-order valence-corrected chi connectivity index (χ0v) is 17.8. The van der Waals surface area contributed by atoms with Crippen molar-refractivity contribution in [3.63, 3.8) is 0 Å². The second-order valence-corrected chi connectivity index (χ2v) is 6.75. The van der Waals surface area contributed by atoms with Crippen LogP contribution in [0.4, 0.5) is 9.59 Å². The predicted octanol–water partition coefficient (Wildman–Crippen LogP) is 4.75. The molecule has 0 spiro atoms. The van der Waals surface area contributed by atoms with Gasteiger partial charge in [-0.25, -0.2) is 9.59 Å². The number of methoxy groups -OCH3 is 1. The lowest BCUT2D eigenvalue weighted by Gasteiger charge is -2.31. The topological polar surface area (TPSA) is 92.3 Å². The lowest BCUT2D eigenvalue weighted by atomic mass is 9.90. The maximum Gasteiger partial charge on any atom is 0.513 e. The highest BCUT2D eigenvalue weighted by molar-refractivity contribution is 5.65. The number of dihydropyridines is 1. The van der Waals surface area contributed by atoms with Crippen LogP contribution in [0.1, 0.15) is 39.2 Å². The first-order chi connectivity index (χ1) is 14.3. The molecular weight excluding hydrogens is 390 g/mol. The Hall–Kier alpha value is -3.42. The van der Waals surface area contributed by atoms with Gasteiger partial charge < -0.3 is 29.0 Å². The summed E-state index contributed by atoms with van der Waals surface area (Å²) in [5, 5.41) is 3.07. The molecule has 1 aromatic carbocycles. The van der Waals surface area contributed by atoms with Crippen LogP contribution in [0.2, 0.25) is 0 Å². The Kier molecular flexibility index (Phi) is 7.91. The number of carbonyl (C=O) groups excluding carboxylic acids is 2. The molecule has 0 saturated carbocycles. The number of rotatable bonds is 7. The van der Waals surface area contributed by atoms with Gasteiger partial charge in [-0.1, -0.05) is 30.9 Å². The van der Waals surface area contributed by atoms with Gasteiger partial charge in [0.05, 0.1) is 24.6 Å². The van der Waals surface area contributed by atoms with E-state index in [1.54, 1.807) is 39.8 Å². The quantitative estimate of drug-likeness (QED) is 0.502. The molecule has 8 nitrogen and oxygen atoms in total. The van der Waals surface area contributed by atoms with E-state index in [1.165, 1.54) is 13.2 Å². The van der Waals surface area contributed by atoms with E-state index in [9.17, 15) is 9.59 Å². The monoisotopic (exact) mass is 417 g/mol. The van der Waals surface area contributed by atoms with E-state index >= 15 is 0 Å². The first-order valence-electron chi connectivity index (χ1n) is 9.43. The van der Waals surface area contributed by atoms with E-state index in [1.807, 2.05) is 12.1 Å². The molecule has 1 aliphatic rings. The molecule has 1 unspecified atom stereocenters. The minimum atomic E-state index is -0.908. The molecule has 1 atom stereocenters. The molecule has 0 radical (unpaired) electrons. The third-order valence-corrected chi connectivity index (χ3v) is 4.13. The number of hydrogen-bond donors (Lipinski definition) is 1. The van der Waals surface area contributed by atoms with Crippen LogP contribution >= 0.6 is 0 Å². The third kappa shape index (κ3) is 5.56. The Morgan fingerprint density at radius 2 is 1.70 bits per heavy atom. The highest BCUT2D eigenvalue weighted by Crippen LogP contribution is 2.42. The summed E-state index contributed by atoms with van der Waals surface area (Å²) in [6.07, 6.45) is -0.704. The molecule has 0 aliphatic carbocycles. The van der Waals surface area contributed by atoms with Gasteiger partial charge in [0.1, 0.15) is 29.8 Å². The van der Waals surface area contributed by atoms with Gasteiger partial charge in [-0.3, -0.25) is 0 Å². The summed E-state index contributed by atoms with van der Waals surface area (Å²) in [5.74, 6) is 0.219. The van der Waals surface area contributed by atoms with Gasteiger partial charge in [0.15, 0.2) is 0 Å². The standard InChI is InChI=1S/C22H27NO7/c1-7-12-27-21(24)29-19-14(4)23-15(5)20(30-22(25)28-13(2)3)18(19)16-10-8-9-11-17(16)26-6/h7-11,13,18,23H,1,12H2,2-6H3. The van der Waals surface area contributed by atoms with Crippen molar-refractivity contribution in [3.05, 3.63) is 65.4 Å². The molecule has 2 rings (SSSR count). The van der Waals surface area contributed by atoms with Crippen molar-refractivity contribution in [2.24, 2.45) is 0 Å². The van der Waals surface area contributed by atoms with Crippen molar-refractivity contribution in [2.45, 2.75) is 39.7 Å². The molecule has 1 aromatic rings. The Labute approximate surface area is 176 Å². The molecular formula is C22H27NO7. The number of para-hydroxylation sites is 1. The van der Waals surface area contributed by atoms with Crippen LogP contribution in [-0.4, -0.2) is 32.1 Å². The van der Waals surface area contributed by atoms with Crippen LogP contribution in [-0.2, 0) is 18.9 Å². The van der Waals surface area contributed by atoms with Crippen molar-refractivity contribution in [3.8, 4) is 5.75 Å². The van der Waals surface area contributed by atoms with Gasteiger partial charge in [-0.2, -0.15) is 0 Å². The van der Waals surface area contributed by atoms with Crippen LogP contribution in [0.5, 0.6) is 5.75 Å². The largest absolute Gasteiger partial charge is 0.513 e. The summed E-state index contributed by atoms with van der Waals surface area (Å²) in [6.45, 7) is 10.4. The SMILES string of the molecule is C=CCOC(=O)OC1=C(C)NC(C)=C(OC(=O)OC(C)C)C1c1ccccc1OC. The van der Waals surface area contributed by atoms with E-state index in [-0.39, 0.29) is 24.2 Å². The Morgan fingerprint density at radius 3 is 2.27 bits per heavy atom. The summed E-state index contributed by atoms with van der Waals surface area (Å²) in [4.78, 5) is 24.4. The van der Waals surface area contributed by atoms with Gasteiger partial charge in [-0.05, 0) is 33.8 Å². The summed E-state index contributed by atoms with van der Waals surface area (Å²) in [6, 6.07) is 7.18. The zero-order chi connectivity index (χ0) is 22.3. The average molecular weight is 417 g/mol. The Balaban J connectivity index is 2.51. The van der Waals surface area contributed by atoms with E-state index in [4.69, 9.17) is 23.7 Å². The van der Waals surface area contributed by atoms with Crippen LogP contribution in [0.3, 0.4) is 0 Å². The molecule has 1 N–H and O–H groups in total. The van der Waals surface area contributed by atoms with Gasteiger partial charge in [-0.15, -0.1) is 0 Å². The molecule has 30 heavy (non-hydrogen) atoms. The molecule has 0 amide bonds. The molecule has 0 fully saturated rings. The summed E-state index contributed by atoms with van der Waals surface area (Å²) >= 11 is 0. The van der Waals surface area contributed by atoms with Gasteiger partial charge in [0.25, 0.3) is 0 Å². The van der Waals surface area contributed by atoms with Gasteiger partial charge in [0.2, 0.25) is 0 Å². The molecule has 8 heteroatoms. The lowest BCUT2D eigenvalue weighted by molar-refractivity contribution is 0.0461. The summed E-state index contributed by atoms with van der Waals surface area (Å²) < 4.78 is 26.6. The summed E-state index contributed by atoms with van der Waals surface area (Å²) in [5.41, 5.74) is 1.76. The van der Waals surface area contributed by atoms with Crippen molar-refractivity contribution in [1.29, 1.82) is 0 Å². The van der Waals surface area contributed by atoms with Crippen LogP contribution < -0.4 is 10.1 Å². The fourth-order valence-electron chi connectivity index (χ4n) is 2.97. The van der Waals surface area contributed by atoms with E-state index in [0.29, 0.717) is 22.7 Å². The Bertz CT molecular complexity index is 870. The first-order valence-corrected chi connectivity index (χ1v) is 9.43. The minimum absolute atomic E-state index is 0.00312. The molecule has 0 saturated heterocycles. The second kappa shape index (κ2) is 10.4. The van der Waals surface area contributed by atoms with Gasteiger partial charge >= 0.3 is 12.3 Å². The number of allylic oxidation sites excluding steroid dienone is 2. The van der Waals surface area contributed by atoms with Crippen LogP contribution in [0.25, 0.3) is 0 Å². The zero-order valence-electron chi connectivity index (χ0n) is 17.8. The van der Waals surface area contributed by atoms with Crippen molar-refractivity contribution < 1.29 is 33.3 Å². The number of ether oxygens (including phenoxy) is 5. The van der Waals surface area contributed by atoms with Gasteiger partial charge in [0, 0.05) is 5.56 Å². The number of hydrogen-bond acceptors (Lipinski definition) is 8. The first kappa shape index (κ1) is 22.9. The smallest absolute Gasteiger partial charge is 0.496 e. The number of carbonyl (C=O) groups is 2. The fourth-order valence-corrected chi connectivity index (χ4v) is 2.97. The second-order valence-electron chi connectivity index (χ2n) is 6.75. The predicted molar refractivity (Wildman–Crippen MR) is 110 cm³/mol. The molecule has 1 heterocycles. The lowest BCUT2D eigenvalue weighted by Crippen LogP contribution is -2.29. The van der Waals surface area contributed by atoms with Crippen molar-refractivity contribution in [2.75, 3.05) is 13.7 Å². The molecule has 162 valence electrons. The normalized spacial score (nSPS) is 16.0. The maximum atomic E-state index is 12.3. The average Bonchev–Trinajstić information content (AvgIpc) is 2.69. The van der Waals surface area contributed by atoms with Crippen LogP contribution in [0, 0.1) is 0 Å². The van der Waals surface area contributed by atoms with Crippen molar-refractivity contribution in [1.82, 2.24) is 5.32 Å². The van der Waals surface area contributed by atoms with Crippen molar-refractivity contribution >= 4 is 12.3 Å².